The molecule has 2 atom stereocenters. The molecule has 0 aromatic heterocycles. The molecule has 0 spiro atoms. The first-order valence-electron chi connectivity index (χ1n) is 5.54. The minimum absolute atomic E-state index is 0.444. The lowest BCUT2D eigenvalue weighted by Crippen LogP contribution is -2.60. The van der Waals surface area contributed by atoms with Crippen LogP contribution < -0.4 is 5.32 Å². The van der Waals surface area contributed by atoms with Crippen LogP contribution in [0.5, 0.6) is 0 Å². The molecule has 1 aromatic rings. The second-order valence-corrected chi connectivity index (χ2v) is 5.05. The van der Waals surface area contributed by atoms with Gasteiger partial charge in [0.15, 0.2) is 0 Å². The first-order valence-corrected chi connectivity index (χ1v) is 6.33. The van der Waals surface area contributed by atoms with Gasteiger partial charge in [0, 0.05) is 23.5 Å². The maximum Gasteiger partial charge on any atom is 0.0680 e. The van der Waals surface area contributed by atoms with Gasteiger partial charge in [0.2, 0.25) is 0 Å². The Morgan fingerprint density at radius 1 is 1.50 bits per heavy atom. The minimum Gasteiger partial charge on any atom is -0.304 e. The maximum absolute atomic E-state index is 3.78. The number of hydrogen-bond acceptors (Lipinski definition) is 2. The molecule has 0 saturated carbocycles. The average Bonchev–Trinajstić information content (AvgIpc) is 2.26. The van der Waals surface area contributed by atoms with Gasteiger partial charge in [0.25, 0.3) is 0 Å². The lowest BCUT2D eigenvalue weighted by Gasteiger charge is -2.48. The Morgan fingerprint density at radius 2 is 2.19 bits per heavy atom. The van der Waals surface area contributed by atoms with Gasteiger partial charge in [-0.2, -0.15) is 0 Å². The van der Waals surface area contributed by atoms with E-state index in [0.29, 0.717) is 12.1 Å². The van der Waals surface area contributed by atoms with Crippen molar-refractivity contribution in [2.75, 3.05) is 20.1 Å². The highest BCUT2D eigenvalue weighted by atomic mass is 79.9. The van der Waals surface area contributed by atoms with Crippen molar-refractivity contribution in [1.29, 1.82) is 0 Å². The molecule has 0 bridgehead atoms. The molecule has 16 heavy (non-hydrogen) atoms. The van der Waals surface area contributed by atoms with Crippen LogP contribution in [-0.2, 0) is 0 Å². The van der Waals surface area contributed by atoms with Crippen molar-refractivity contribution in [1.82, 2.24) is 10.2 Å². The van der Waals surface area contributed by atoms with Crippen LogP contribution >= 0.6 is 15.9 Å². The molecule has 1 aliphatic rings. The van der Waals surface area contributed by atoms with Gasteiger partial charge < -0.3 is 5.32 Å². The maximum atomic E-state index is 3.78. The molecule has 1 N–H and O–H groups in total. The third kappa shape index (κ3) is 2.21. The zero-order chi connectivity index (χ0) is 11.5. The van der Waals surface area contributed by atoms with E-state index in [1.165, 1.54) is 5.56 Å². The predicted molar refractivity (Wildman–Crippen MR) is 71.5 cm³/mol. The molecule has 3 heteroatoms. The van der Waals surface area contributed by atoms with Gasteiger partial charge in [-0.3, -0.25) is 4.90 Å². The Bertz CT molecular complexity index is 361. The summed E-state index contributed by atoms with van der Waals surface area (Å²) in [7, 11) is 2.02. The Labute approximate surface area is 105 Å². The Kier molecular flexibility index (Phi) is 3.79. The van der Waals surface area contributed by atoms with Crippen molar-refractivity contribution in [2.24, 2.45) is 0 Å². The van der Waals surface area contributed by atoms with Crippen LogP contribution in [0.1, 0.15) is 11.5 Å². The fourth-order valence-electron chi connectivity index (χ4n) is 2.32. The van der Waals surface area contributed by atoms with Crippen LogP contribution in [0.3, 0.4) is 0 Å². The van der Waals surface area contributed by atoms with Crippen LogP contribution in [0.4, 0.5) is 0 Å². The fraction of sp³-hybridized carbons (Fsp3) is 0.385. The van der Waals surface area contributed by atoms with E-state index in [1.54, 1.807) is 0 Å². The summed E-state index contributed by atoms with van der Waals surface area (Å²) >= 11 is 3.46. The number of likely N-dealkylation sites (tertiary alicyclic amines) is 1. The summed E-state index contributed by atoms with van der Waals surface area (Å²) in [5.41, 5.74) is 1.41. The molecule has 0 unspecified atom stereocenters. The smallest absolute Gasteiger partial charge is 0.0680 e. The van der Waals surface area contributed by atoms with Crippen molar-refractivity contribution in [3.8, 4) is 0 Å². The lowest BCUT2D eigenvalue weighted by atomic mass is 9.87. The fourth-order valence-corrected chi connectivity index (χ4v) is 2.58. The molecule has 1 fully saturated rings. The summed E-state index contributed by atoms with van der Waals surface area (Å²) < 4.78 is 1.14. The molecule has 86 valence electrons. The first-order chi connectivity index (χ1) is 7.76. The molecule has 1 saturated heterocycles. The van der Waals surface area contributed by atoms with Crippen LogP contribution in [-0.4, -0.2) is 31.2 Å². The largest absolute Gasteiger partial charge is 0.304 e. The van der Waals surface area contributed by atoms with Crippen molar-refractivity contribution in [3.05, 3.63) is 47.0 Å². The van der Waals surface area contributed by atoms with Crippen LogP contribution in [0.25, 0.3) is 0 Å². The van der Waals surface area contributed by atoms with Gasteiger partial charge in [-0.25, -0.2) is 0 Å². The highest BCUT2D eigenvalue weighted by molar-refractivity contribution is 9.10. The van der Waals surface area contributed by atoms with Gasteiger partial charge in [0.05, 0.1) is 6.17 Å². The SMILES string of the molecule is C=CCN1C[C@H](c2ccc(Br)cc2)[C@@H]1NC. The van der Waals surface area contributed by atoms with Gasteiger partial charge in [-0.1, -0.05) is 34.1 Å². The molecular formula is C13H17BrN2. The van der Waals surface area contributed by atoms with Crippen LogP contribution in [0.15, 0.2) is 41.4 Å². The van der Waals surface area contributed by atoms with E-state index in [-0.39, 0.29) is 0 Å². The highest BCUT2D eigenvalue weighted by Crippen LogP contribution is 2.32. The summed E-state index contributed by atoms with van der Waals surface area (Å²) in [5, 5.41) is 3.37. The van der Waals surface area contributed by atoms with E-state index < -0.39 is 0 Å². The van der Waals surface area contributed by atoms with Crippen molar-refractivity contribution >= 4 is 15.9 Å². The second-order valence-electron chi connectivity index (χ2n) is 4.13. The molecule has 1 aromatic carbocycles. The van der Waals surface area contributed by atoms with Gasteiger partial charge in [0.1, 0.15) is 0 Å². The molecule has 0 amide bonds. The lowest BCUT2D eigenvalue weighted by molar-refractivity contribution is 0.0529. The van der Waals surface area contributed by atoms with E-state index in [1.807, 2.05) is 13.1 Å². The van der Waals surface area contributed by atoms with Crippen molar-refractivity contribution in [2.45, 2.75) is 12.1 Å². The molecular weight excluding hydrogens is 264 g/mol. The van der Waals surface area contributed by atoms with Gasteiger partial charge in [-0.15, -0.1) is 6.58 Å². The monoisotopic (exact) mass is 280 g/mol. The molecule has 1 aliphatic heterocycles. The van der Waals surface area contributed by atoms with Gasteiger partial charge in [-0.05, 0) is 24.7 Å². The molecule has 2 rings (SSSR count). The predicted octanol–water partition coefficient (Wildman–Crippen LogP) is 2.58. The van der Waals surface area contributed by atoms with Crippen LogP contribution in [0.2, 0.25) is 0 Å². The topological polar surface area (TPSA) is 15.3 Å². The van der Waals surface area contributed by atoms with E-state index in [0.717, 1.165) is 17.6 Å². The standard InChI is InChI=1S/C13H17BrN2/c1-3-8-16-9-12(13(16)15-2)10-4-6-11(14)7-5-10/h3-7,12-13,15H,1,8-9H2,2H3/t12-,13-/m1/s1. The van der Waals surface area contributed by atoms with E-state index in [4.69, 9.17) is 0 Å². The zero-order valence-electron chi connectivity index (χ0n) is 9.49. The Morgan fingerprint density at radius 3 is 2.75 bits per heavy atom. The first kappa shape index (κ1) is 11.8. The molecule has 2 nitrogen and oxygen atoms in total. The Hall–Kier alpha value is -0.640. The third-order valence-electron chi connectivity index (χ3n) is 3.16. The van der Waals surface area contributed by atoms with Crippen molar-refractivity contribution in [3.63, 3.8) is 0 Å². The highest BCUT2D eigenvalue weighted by Gasteiger charge is 2.37. The number of likely N-dealkylation sites (N-methyl/N-ethyl adjacent to an activating group) is 1. The normalized spacial score (nSPS) is 25.1. The minimum atomic E-state index is 0.444. The van der Waals surface area contributed by atoms with Gasteiger partial charge >= 0.3 is 0 Å². The van der Waals surface area contributed by atoms with E-state index in [2.05, 4.69) is 57.0 Å². The number of halogens is 1. The van der Waals surface area contributed by atoms with Crippen molar-refractivity contribution < 1.29 is 0 Å². The summed E-state index contributed by atoms with van der Waals surface area (Å²) in [4.78, 5) is 2.39. The van der Waals surface area contributed by atoms with E-state index in [9.17, 15) is 0 Å². The zero-order valence-corrected chi connectivity index (χ0v) is 11.1. The summed E-state index contributed by atoms with van der Waals surface area (Å²) in [5.74, 6) is 0.595. The third-order valence-corrected chi connectivity index (χ3v) is 3.69. The quantitative estimate of drug-likeness (QED) is 0.853. The Balaban J connectivity index is 2.06. The van der Waals surface area contributed by atoms with E-state index >= 15 is 0 Å². The number of benzene rings is 1. The summed E-state index contributed by atoms with van der Waals surface area (Å²) in [6.07, 6.45) is 2.40. The second kappa shape index (κ2) is 5.13. The number of nitrogens with one attached hydrogen (secondary N) is 1. The number of nitrogens with zero attached hydrogens (tertiary/aromatic N) is 1. The summed E-state index contributed by atoms with van der Waals surface area (Å²) in [6.45, 7) is 5.85. The summed E-state index contributed by atoms with van der Waals surface area (Å²) in [6, 6.07) is 8.62. The number of rotatable bonds is 4. The average molecular weight is 281 g/mol. The van der Waals surface area contributed by atoms with Crippen LogP contribution in [0, 0.1) is 0 Å². The number of hydrogen-bond donors (Lipinski definition) is 1. The molecule has 1 heterocycles. The molecule has 0 aliphatic carbocycles. The molecule has 0 radical (unpaired) electrons.